The zero-order valence-electron chi connectivity index (χ0n) is 14.7. The van der Waals surface area contributed by atoms with Crippen molar-refractivity contribution < 1.29 is 27.6 Å². The van der Waals surface area contributed by atoms with Gasteiger partial charge in [-0.1, -0.05) is 0 Å². The zero-order valence-corrected chi connectivity index (χ0v) is 14.7. The fraction of sp³-hybridized carbons (Fsp3) is 0.312. The van der Waals surface area contributed by atoms with Gasteiger partial charge in [0.1, 0.15) is 29.8 Å². The molecule has 0 bridgehead atoms. The van der Waals surface area contributed by atoms with Crippen LogP contribution in [0.4, 0.5) is 24.5 Å². The van der Waals surface area contributed by atoms with E-state index in [-0.39, 0.29) is 40.6 Å². The topological polar surface area (TPSA) is 123 Å². The first-order valence-electron chi connectivity index (χ1n) is 7.73. The smallest absolute Gasteiger partial charge is 0.422 e. The Balaban J connectivity index is 2.11. The number of alkyl halides is 3. The minimum atomic E-state index is -4.55. The number of anilines is 1. The lowest BCUT2D eigenvalue weighted by molar-refractivity contribution is -0.386. The molecule has 1 aromatic carbocycles. The van der Waals surface area contributed by atoms with Crippen molar-refractivity contribution >= 4 is 17.3 Å². The predicted molar refractivity (Wildman–Crippen MR) is 89.7 cm³/mol. The Morgan fingerprint density at radius 1 is 1.43 bits per heavy atom. The Labute approximate surface area is 156 Å². The van der Waals surface area contributed by atoms with E-state index in [2.05, 4.69) is 15.2 Å². The summed E-state index contributed by atoms with van der Waals surface area (Å²) in [5, 5.41) is 26.4. The maximum absolute atomic E-state index is 12.2. The van der Waals surface area contributed by atoms with Crippen LogP contribution in [0.2, 0.25) is 0 Å². The molecule has 12 heteroatoms. The largest absolute Gasteiger partial charge is 0.483 e. The highest BCUT2D eigenvalue weighted by Crippen LogP contribution is 2.25. The molecule has 2 rings (SSSR count). The van der Waals surface area contributed by atoms with Crippen LogP contribution >= 0.6 is 0 Å². The molecule has 0 saturated carbocycles. The Morgan fingerprint density at radius 3 is 2.64 bits per heavy atom. The van der Waals surface area contributed by atoms with Gasteiger partial charge in [-0.2, -0.15) is 23.5 Å². The maximum Gasteiger partial charge on any atom is 0.422 e. The van der Waals surface area contributed by atoms with Gasteiger partial charge in [-0.25, -0.2) is 0 Å². The number of ether oxygens (including phenoxy) is 1. The first kappa shape index (κ1) is 20.7. The molecular weight excluding hydrogens is 383 g/mol. The molecule has 0 aliphatic heterocycles. The second kappa shape index (κ2) is 7.95. The van der Waals surface area contributed by atoms with E-state index in [1.165, 1.54) is 19.9 Å². The second-order valence-corrected chi connectivity index (χ2v) is 5.71. The number of amides is 1. The van der Waals surface area contributed by atoms with Crippen molar-refractivity contribution in [1.82, 2.24) is 9.78 Å². The molecule has 0 aliphatic carbocycles. The number of nitro groups is 1. The van der Waals surface area contributed by atoms with E-state index in [9.17, 15) is 28.1 Å². The van der Waals surface area contributed by atoms with Crippen molar-refractivity contribution in [2.75, 3.05) is 11.9 Å². The molecule has 0 fully saturated rings. The molecule has 148 valence electrons. The standard InChI is InChI=1S/C16H14F3N5O4/c1-9-15(24(26)27)10(2)23(22-9)7-14(25)21-12-3-4-13(11(5-12)6-20)28-8-16(17,18)19/h3-5H,7-8H2,1-2H3,(H,21,25). The van der Waals surface area contributed by atoms with Gasteiger partial charge >= 0.3 is 11.9 Å². The lowest BCUT2D eigenvalue weighted by atomic mass is 10.2. The van der Waals surface area contributed by atoms with Gasteiger partial charge in [0.05, 0.1) is 10.5 Å². The number of nitrogens with one attached hydrogen (secondary N) is 1. The summed E-state index contributed by atoms with van der Waals surface area (Å²) in [4.78, 5) is 22.6. The first-order valence-corrected chi connectivity index (χ1v) is 7.73. The molecule has 0 radical (unpaired) electrons. The van der Waals surface area contributed by atoms with Gasteiger partial charge in [0.15, 0.2) is 6.61 Å². The average molecular weight is 397 g/mol. The number of carbonyl (C=O) groups excluding carboxylic acids is 1. The van der Waals surface area contributed by atoms with Gasteiger partial charge in [0, 0.05) is 5.69 Å². The SMILES string of the molecule is Cc1nn(CC(=O)Nc2ccc(OCC(F)(F)F)c(C#N)c2)c(C)c1[N+](=O)[O-]. The van der Waals surface area contributed by atoms with Crippen molar-refractivity contribution in [2.45, 2.75) is 26.6 Å². The van der Waals surface area contributed by atoms with Crippen LogP contribution in [0, 0.1) is 35.3 Å². The summed E-state index contributed by atoms with van der Waals surface area (Å²) in [7, 11) is 0. The van der Waals surface area contributed by atoms with Crippen LogP contribution in [0.3, 0.4) is 0 Å². The zero-order chi connectivity index (χ0) is 21.1. The number of carbonyl (C=O) groups is 1. The van der Waals surface area contributed by atoms with E-state index in [1.54, 1.807) is 6.07 Å². The molecule has 28 heavy (non-hydrogen) atoms. The molecular formula is C16H14F3N5O4. The molecule has 0 unspecified atom stereocenters. The second-order valence-electron chi connectivity index (χ2n) is 5.71. The number of nitriles is 1. The van der Waals surface area contributed by atoms with Crippen LogP contribution in [0.5, 0.6) is 5.75 Å². The van der Waals surface area contributed by atoms with E-state index in [4.69, 9.17) is 5.26 Å². The number of halogens is 3. The van der Waals surface area contributed by atoms with E-state index >= 15 is 0 Å². The number of aryl methyl sites for hydroxylation is 1. The maximum atomic E-state index is 12.2. The van der Waals surface area contributed by atoms with Gasteiger partial charge < -0.3 is 10.1 Å². The summed E-state index contributed by atoms with van der Waals surface area (Å²) in [6.07, 6.45) is -4.55. The third kappa shape index (κ3) is 4.97. The molecule has 0 spiro atoms. The van der Waals surface area contributed by atoms with Crippen molar-refractivity contribution in [3.05, 3.63) is 45.3 Å². The Bertz CT molecular complexity index is 962. The van der Waals surface area contributed by atoms with E-state index in [0.29, 0.717) is 0 Å². The highest BCUT2D eigenvalue weighted by atomic mass is 19.4. The number of aromatic nitrogens is 2. The van der Waals surface area contributed by atoms with Gasteiger partial charge in [-0.3, -0.25) is 19.6 Å². The van der Waals surface area contributed by atoms with Crippen LogP contribution in [0.25, 0.3) is 0 Å². The van der Waals surface area contributed by atoms with Gasteiger partial charge in [-0.05, 0) is 32.0 Å². The highest BCUT2D eigenvalue weighted by molar-refractivity contribution is 5.91. The molecule has 0 saturated heterocycles. The summed E-state index contributed by atoms with van der Waals surface area (Å²) in [5.41, 5.74) is 0.131. The summed E-state index contributed by atoms with van der Waals surface area (Å²) in [6, 6.07) is 5.26. The molecule has 1 aromatic heterocycles. The first-order chi connectivity index (χ1) is 13.0. The summed E-state index contributed by atoms with van der Waals surface area (Å²) in [5.74, 6) is -0.861. The van der Waals surface area contributed by atoms with Crippen molar-refractivity contribution in [1.29, 1.82) is 5.26 Å². The summed E-state index contributed by atoms with van der Waals surface area (Å²) >= 11 is 0. The van der Waals surface area contributed by atoms with Gasteiger partial charge in [0.25, 0.3) is 0 Å². The molecule has 0 atom stereocenters. The quantitative estimate of drug-likeness (QED) is 0.591. The van der Waals surface area contributed by atoms with Gasteiger partial charge in [-0.15, -0.1) is 0 Å². The number of nitrogens with zero attached hydrogens (tertiary/aromatic N) is 4. The fourth-order valence-electron chi connectivity index (χ4n) is 2.42. The van der Waals surface area contributed by atoms with Crippen molar-refractivity contribution in [3.8, 4) is 11.8 Å². The number of hydrogen-bond donors (Lipinski definition) is 1. The molecule has 1 heterocycles. The fourth-order valence-corrected chi connectivity index (χ4v) is 2.42. The number of benzene rings is 1. The minimum Gasteiger partial charge on any atom is -0.483 e. The van der Waals surface area contributed by atoms with Gasteiger partial charge in [0.2, 0.25) is 5.91 Å². The Hall–Kier alpha value is -3.62. The van der Waals surface area contributed by atoms with Crippen LogP contribution in [-0.4, -0.2) is 33.4 Å². The molecule has 9 nitrogen and oxygen atoms in total. The monoisotopic (exact) mass is 397 g/mol. The molecule has 1 amide bonds. The van der Waals surface area contributed by atoms with Crippen molar-refractivity contribution in [3.63, 3.8) is 0 Å². The summed E-state index contributed by atoms with van der Waals surface area (Å²) in [6.45, 7) is 1.02. The van der Waals surface area contributed by atoms with Crippen molar-refractivity contribution in [2.24, 2.45) is 0 Å². The Kier molecular flexibility index (Phi) is 5.87. The lowest BCUT2D eigenvalue weighted by Gasteiger charge is -2.12. The molecule has 1 N–H and O–H groups in total. The number of hydrogen-bond acceptors (Lipinski definition) is 6. The van der Waals surface area contributed by atoms with E-state index < -0.39 is 23.6 Å². The normalized spacial score (nSPS) is 11.0. The third-order valence-electron chi connectivity index (χ3n) is 3.59. The van der Waals surface area contributed by atoms with Crippen LogP contribution < -0.4 is 10.1 Å². The summed E-state index contributed by atoms with van der Waals surface area (Å²) < 4.78 is 42.4. The molecule has 2 aromatic rings. The third-order valence-corrected chi connectivity index (χ3v) is 3.59. The minimum absolute atomic E-state index is 0.150. The number of rotatable bonds is 6. The Morgan fingerprint density at radius 2 is 2.11 bits per heavy atom. The van der Waals surface area contributed by atoms with E-state index in [1.807, 2.05) is 0 Å². The lowest BCUT2D eigenvalue weighted by Crippen LogP contribution is -2.21. The molecule has 0 aliphatic rings. The van der Waals surface area contributed by atoms with Crippen LogP contribution in [0.15, 0.2) is 18.2 Å². The van der Waals surface area contributed by atoms with Crippen LogP contribution in [-0.2, 0) is 11.3 Å². The highest BCUT2D eigenvalue weighted by Gasteiger charge is 2.29. The van der Waals surface area contributed by atoms with Crippen LogP contribution in [0.1, 0.15) is 17.0 Å². The predicted octanol–water partition coefficient (Wildman–Crippen LogP) is 2.86. The average Bonchev–Trinajstić information content (AvgIpc) is 2.86. The van der Waals surface area contributed by atoms with E-state index in [0.717, 1.165) is 16.8 Å².